The number of benzene rings is 2. The van der Waals surface area contributed by atoms with Crippen LogP contribution in [0.4, 0.5) is 10.5 Å². The zero-order valence-electron chi connectivity index (χ0n) is 18.1. The lowest BCUT2D eigenvalue weighted by Crippen LogP contribution is -2.27. The molecule has 0 N–H and O–H groups in total. The first kappa shape index (κ1) is 25.5. The van der Waals surface area contributed by atoms with Crippen molar-refractivity contribution in [1.29, 1.82) is 0 Å². The molecule has 0 aliphatic carbocycles. The summed E-state index contributed by atoms with van der Waals surface area (Å²) in [4.78, 5) is 48.7. The van der Waals surface area contributed by atoms with Gasteiger partial charge in [0.05, 0.1) is 33.7 Å². The van der Waals surface area contributed by atoms with Crippen LogP contribution < -0.4 is 9.47 Å². The van der Waals surface area contributed by atoms with E-state index in [2.05, 4.69) is 4.74 Å². The minimum atomic E-state index is -0.550. The number of nitro benzene ring substituents is 1. The smallest absolute Gasteiger partial charge is 0.343 e. The van der Waals surface area contributed by atoms with Crippen LogP contribution in [0.15, 0.2) is 41.3 Å². The number of hydrogen-bond acceptors (Lipinski definition) is 9. The molecule has 0 unspecified atom stereocenters. The van der Waals surface area contributed by atoms with Crippen molar-refractivity contribution in [2.75, 3.05) is 20.3 Å². The number of hydrogen-bond donors (Lipinski definition) is 0. The lowest BCUT2D eigenvalue weighted by molar-refractivity contribution is -0.385. The van der Waals surface area contributed by atoms with Crippen molar-refractivity contribution in [1.82, 2.24) is 4.90 Å². The van der Waals surface area contributed by atoms with Gasteiger partial charge < -0.3 is 14.2 Å². The van der Waals surface area contributed by atoms with Gasteiger partial charge in [-0.25, -0.2) is 4.79 Å². The third-order valence-electron chi connectivity index (χ3n) is 4.58. The third kappa shape index (κ3) is 5.86. The van der Waals surface area contributed by atoms with Gasteiger partial charge in [-0.1, -0.05) is 18.2 Å². The van der Waals surface area contributed by atoms with Crippen molar-refractivity contribution in [3.63, 3.8) is 0 Å². The van der Waals surface area contributed by atoms with Gasteiger partial charge in [-0.2, -0.15) is 0 Å². The number of thioether (sulfide) groups is 1. The average Bonchev–Trinajstić information content (AvgIpc) is 3.06. The molecule has 12 heteroatoms. The number of amides is 2. The van der Waals surface area contributed by atoms with E-state index in [1.54, 1.807) is 31.2 Å². The van der Waals surface area contributed by atoms with E-state index in [9.17, 15) is 24.5 Å². The molecule has 0 atom stereocenters. The maximum Gasteiger partial charge on any atom is 0.343 e. The molecule has 0 radical (unpaired) electrons. The van der Waals surface area contributed by atoms with Crippen LogP contribution in [0.5, 0.6) is 11.5 Å². The number of halogens is 1. The van der Waals surface area contributed by atoms with Crippen LogP contribution in [0.25, 0.3) is 6.08 Å². The summed E-state index contributed by atoms with van der Waals surface area (Å²) in [5, 5.41) is 10.7. The first-order chi connectivity index (χ1) is 16.2. The molecule has 2 aromatic carbocycles. The second-order valence-corrected chi connectivity index (χ2v) is 8.94. The van der Waals surface area contributed by atoms with Gasteiger partial charge in [-0.15, -0.1) is 0 Å². The topological polar surface area (TPSA) is 125 Å². The van der Waals surface area contributed by atoms with Crippen molar-refractivity contribution in [3.05, 3.63) is 66.1 Å². The molecule has 1 saturated heterocycles. The van der Waals surface area contributed by atoms with E-state index < -0.39 is 22.0 Å². The summed E-state index contributed by atoms with van der Waals surface area (Å²) in [6, 6.07) is 9.31. The number of carbonyl (C=O) groups excluding carboxylic acids is 3. The highest BCUT2D eigenvalue weighted by molar-refractivity contribution is 14.1. The number of imide groups is 1. The molecule has 178 valence electrons. The first-order valence-corrected chi connectivity index (χ1v) is 11.8. The SMILES string of the molecule is CCOc1cc(/C=C2/SC(=O)N(Cc3ccccc3[N+](=O)[O-])C2=O)cc(I)c1OCC(=O)OC. The van der Waals surface area contributed by atoms with Gasteiger partial charge in [0.25, 0.3) is 16.8 Å². The van der Waals surface area contributed by atoms with Gasteiger partial charge in [0.1, 0.15) is 0 Å². The number of nitrogens with zero attached hydrogens (tertiary/aromatic N) is 2. The van der Waals surface area contributed by atoms with Crippen LogP contribution in [0.2, 0.25) is 0 Å². The van der Waals surface area contributed by atoms with E-state index in [1.165, 1.54) is 25.3 Å². The number of nitro groups is 1. The maximum absolute atomic E-state index is 12.9. The molecule has 0 bridgehead atoms. The Morgan fingerprint density at radius 3 is 2.65 bits per heavy atom. The fourth-order valence-corrected chi connectivity index (χ4v) is 4.66. The monoisotopic (exact) mass is 598 g/mol. The highest BCUT2D eigenvalue weighted by atomic mass is 127. The zero-order valence-corrected chi connectivity index (χ0v) is 21.1. The Hall–Kier alpha value is -3.13. The van der Waals surface area contributed by atoms with Gasteiger partial charge in [0.15, 0.2) is 18.1 Å². The second kappa shape index (κ2) is 11.3. The standard InChI is InChI=1S/C22H19IN2O8S/c1-3-32-17-9-13(8-15(23)20(17)33-12-19(26)31-2)10-18-21(27)24(22(28)34-18)11-14-6-4-5-7-16(14)25(29)30/h4-10H,3,11-12H2,1-2H3/b18-10+. The van der Waals surface area contributed by atoms with E-state index in [0.717, 1.165) is 16.7 Å². The van der Waals surface area contributed by atoms with Crippen LogP contribution in [0, 0.1) is 13.7 Å². The maximum atomic E-state index is 12.9. The molecule has 0 spiro atoms. The fourth-order valence-electron chi connectivity index (χ4n) is 3.04. The number of carbonyl (C=O) groups is 3. The summed E-state index contributed by atoms with van der Waals surface area (Å²) in [5.74, 6) is -0.375. The van der Waals surface area contributed by atoms with Gasteiger partial charge in [-0.3, -0.25) is 24.6 Å². The predicted molar refractivity (Wildman–Crippen MR) is 132 cm³/mol. The molecule has 3 rings (SSSR count). The molecule has 0 saturated carbocycles. The summed E-state index contributed by atoms with van der Waals surface area (Å²) in [7, 11) is 1.26. The Labute approximate surface area is 212 Å². The normalized spacial score (nSPS) is 14.4. The van der Waals surface area contributed by atoms with E-state index in [1.807, 2.05) is 22.6 Å². The highest BCUT2D eigenvalue weighted by Gasteiger charge is 2.36. The third-order valence-corrected chi connectivity index (χ3v) is 6.29. The van der Waals surface area contributed by atoms with E-state index in [0.29, 0.717) is 27.2 Å². The average molecular weight is 598 g/mol. The molecular formula is C22H19IN2O8S. The minimum absolute atomic E-state index is 0.163. The first-order valence-electron chi connectivity index (χ1n) is 9.88. The van der Waals surface area contributed by atoms with Crippen molar-refractivity contribution in [3.8, 4) is 11.5 Å². The van der Waals surface area contributed by atoms with Crippen LogP contribution in [0.3, 0.4) is 0 Å². The summed E-state index contributed by atoms with van der Waals surface area (Å²) in [6.45, 7) is 1.62. The van der Waals surface area contributed by atoms with Crippen molar-refractivity contribution < 1.29 is 33.5 Å². The largest absolute Gasteiger partial charge is 0.490 e. The molecule has 1 heterocycles. The van der Waals surface area contributed by atoms with Crippen molar-refractivity contribution in [2.24, 2.45) is 0 Å². The molecule has 2 amide bonds. The van der Waals surface area contributed by atoms with Gasteiger partial charge >= 0.3 is 5.97 Å². The van der Waals surface area contributed by atoms with E-state index in [4.69, 9.17) is 9.47 Å². The Morgan fingerprint density at radius 2 is 1.97 bits per heavy atom. The predicted octanol–water partition coefficient (Wildman–Crippen LogP) is 4.39. The summed E-state index contributed by atoms with van der Waals surface area (Å²) >= 11 is 2.77. The molecule has 0 aromatic heterocycles. The number of ether oxygens (including phenoxy) is 3. The Morgan fingerprint density at radius 1 is 1.24 bits per heavy atom. The lowest BCUT2D eigenvalue weighted by atomic mass is 10.1. The minimum Gasteiger partial charge on any atom is -0.490 e. The van der Waals surface area contributed by atoms with Crippen LogP contribution in [0.1, 0.15) is 18.1 Å². The molecule has 1 fully saturated rings. The Balaban J connectivity index is 1.87. The quantitative estimate of drug-likeness (QED) is 0.136. The number of rotatable bonds is 9. The molecular weight excluding hydrogens is 579 g/mol. The summed E-state index contributed by atoms with van der Waals surface area (Å²) in [5.41, 5.74) is 0.676. The second-order valence-electron chi connectivity index (χ2n) is 6.78. The van der Waals surface area contributed by atoms with Gasteiger partial charge in [0, 0.05) is 11.6 Å². The Bertz CT molecular complexity index is 1180. The molecule has 2 aromatic rings. The van der Waals surface area contributed by atoms with Crippen LogP contribution in [-0.4, -0.2) is 47.3 Å². The Kier molecular flexibility index (Phi) is 8.50. The van der Waals surface area contributed by atoms with Crippen LogP contribution in [-0.2, 0) is 20.9 Å². The molecule has 34 heavy (non-hydrogen) atoms. The van der Waals surface area contributed by atoms with Gasteiger partial charge in [-0.05, 0) is 65.0 Å². The van der Waals surface area contributed by atoms with Gasteiger partial charge in [0.2, 0.25) is 0 Å². The molecule has 1 aliphatic heterocycles. The lowest BCUT2D eigenvalue weighted by Gasteiger charge is -2.14. The van der Waals surface area contributed by atoms with Crippen molar-refractivity contribution >= 4 is 63.2 Å². The molecule has 10 nitrogen and oxygen atoms in total. The zero-order chi connectivity index (χ0) is 24.8. The number of methoxy groups -OCH3 is 1. The fraction of sp³-hybridized carbons (Fsp3) is 0.227. The highest BCUT2D eigenvalue weighted by Crippen LogP contribution is 2.38. The summed E-state index contributed by atoms with van der Waals surface area (Å²) in [6.07, 6.45) is 1.54. The number of esters is 1. The van der Waals surface area contributed by atoms with E-state index in [-0.39, 0.29) is 29.3 Å². The van der Waals surface area contributed by atoms with Crippen LogP contribution >= 0.6 is 34.4 Å². The van der Waals surface area contributed by atoms with E-state index >= 15 is 0 Å². The number of para-hydroxylation sites is 1. The van der Waals surface area contributed by atoms with Crippen molar-refractivity contribution in [2.45, 2.75) is 13.5 Å². The summed E-state index contributed by atoms with van der Waals surface area (Å²) < 4.78 is 16.4. The molecule has 1 aliphatic rings.